The number of amides is 1. The zero-order valence-corrected chi connectivity index (χ0v) is 26.2. The van der Waals surface area contributed by atoms with Crippen LogP contribution in [0.3, 0.4) is 0 Å². The first kappa shape index (κ1) is 29.3. The molecule has 5 rings (SSSR count). The highest BCUT2D eigenvalue weighted by Gasteiger charge is 2.34. The standard InChI is InChI=1S/C32H44N6O2S/c1-22(29-19-35-30(41-29)24-15-27(36(5)6)17-33-16-24)28-13-12-25(18-34-28)37-14-8-11-26(21-37)38(20-23-9-7-10-23)31(39)40-32(2,3)4/h12-13,15-19,22-23,26H,7-11,14,20-21H2,1-6H3/t22?,26-/m1/s1. The van der Waals surface area contributed by atoms with Crippen molar-refractivity contribution in [1.29, 1.82) is 0 Å². The van der Waals surface area contributed by atoms with Crippen LogP contribution in [0, 0.1) is 5.92 Å². The van der Waals surface area contributed by atoms with Crippen LogP contribution in [0.4, 0.5) is 16.2 Å². The summed E-state index contributed by atoms with van der Waals surface area (Å²) in [7, 11) is 4.03. The topological polar surface area (TPSA) is 74.7 Å². The maximum Gasteiger partial charge on any atom is 0.410 e. The van der Waals surface area contributed by atoms with Crippen molar-refractivity contribution in [2.45, 2.75) is 77.4 Å². The number of hydrogen-bond donors (Lipinski definition) is 0. The minimum atomic E-state index is -0.494. The second kappa shape index (κ2) is 12.3. The fourth-order valence-corrected chi connectivity index (χ4v) is 6.45. The van der Waals surface area contributed by atoms with E-state index in [0.29, 0.717) is 5.92 Å². The van der Waals surface area contributed by atoms with E-state index >= 15 is 0 Å². The van der Waals surface area contributed by atoms with Crippen LogP contribution in [0.2, 0.25) is 0 Å². The molecule has 2 fully saturated rings. The molecule has 0 spiro atoms. The van der Waals surface area contributed by atoms with Gasteiger partial charge in [-0.25, -0.2) is 9.78 Å². The average molecular weight is 577 g/mol. The first-order valence-corrected chi connectivity index (χ1v) is 15.7. The molecule has 3 aromatic heterocycles. The molecule has 8 nitrogen and oxygen atoms in total. The number of carbonyl (C=O) groups excluding carboxylic acids is 1. The van der Waals surface area contributed by atoms with Crippen molar-refractivity contribution in [3.05, 3.63) is 53.6 Å². The Morgan fingerprint density at radius 2 is 1.90 bits per heavy atom. The van der Waals surface area contributed by atoms with Gasteiger partial charge >= 0.3 is 6.09 Å². The first-order chi connectivity index (χ1) is 19.6. The van der Waals surface area contributed by atoms with E-state index in [9.17, 15) is 4.79 Å². The van der Waals surface area contributed by atoms with Crippen molar-refractivity contribution in [2.75, 3.05) is 43.5 Å². The Morgan fingerprint density at radius 3 is 2.56 bits per heavy atom. The van der Waals surface area contributed by atoms with Crippen LogP contribution < -0.4 is 9.80 Å². The Morgan fingerprint density at radius 1 is 1.10 bits per heavy atom. The third-order valence-electron chi connectivity index (χ3n) is 8.16. The fraction of sp³-hybridized carbons (Fsp3) is 0.562. The summed E-state index contributed by atoms with van der Waals surface area (Å²) in [6.45, 7) is 10.6. The fourth-order valence-electron chi connectivity index (χ4n) is 5.49. The third-order valence-corrected chi connectivity index (χ3v) is 9.39. The van der Waals surface area contributed by atoms with Crippen LogP contribution in [0.5, 0.6) is 0 Å². The van der Waals surface area contributed by atoms with Crippen LogP contribution in [0.25, 0.3) is 10.6 Å². The van der Waals surface area contributed by atoms with E-state index in [-0.39, 0.29) is 18.1 Å². The summed E-state index contributed by atoms with van der Waals surface area (Å²) < 4.78 is 5.84. The molecule has 1 amide bonds. The van der Waals surface area contributed by atoms with Gasteiger partial charge in [-0.05, 0) is 70.6 Å². The van der Waals surface area contributed by atoms with Gasteiger partial charge in [0.1, 0.15) is 10.6 Å². The van der Waals surface area contributed by atoms with E-state index in [4.69, 9.17) is 14.7 Å². The summed E-state index contributed by atoms with van der Waals surface area (Å²) in [4.78, 5) is 34.8. The molecule has 41 heavy (non-hydrogen) atoms. The van der Waals surface area contributed by atoms with Crippen molar-refractivity contribution < 1.29 is 9.53 Å². The lowest BCUT2D eigenvalue weighted by Crippen LogP contribution is -2.53. The molecule has 3 aromatic rings. The number of rotatable bonds is 8. The molecule has 1 aliphatic heterocycles. The van der Waals surface area contributed by atoms with E-state index in [1.807, 2.05) is 69.5 Å². The van der Waals surface area contributed by atoms with Gasteiger partial charge in [0.15, 0.2) is 0 Å². The second-order valence-electron chi connectivity index (χ2n) is 12.7. The van der Waals surface area contributed by atoms with Crippen LogP contribution in [0.15, 0.2) is 43.0 Å². The quantitative estimate of drug-likeness (QED) is 0.291. The van der Waals surface area contributed by atoms with Crippen LogP contribution in [0.1, 0.15) is 76.3 Å². The second-order valence-corrected chi connectivity index (χ2v) is 13.8. The highest BCUT2D eigenvalue weighted by Crippen LogP contribution is 2.34. The first-order valence-electron chi connectivity index (χ1n) is 14.9. The number of nitrogens with zero attached hydrogens (tertiary/aromatic N) is 6. The summed E-state index contributed by atoms with van der Waals surface area (Å²) in [6.07, 6.45) is 13.2. The average Bonchev–Trinajstić information content (AvgIpc) is 3.42. The molecule has 9 heteroatoms. The highest BCUT2D eigenvalue weighted by atomic mass is 32.1. The molecule has 1 saturated carbocycles. The zero-order chi connectivity index (χ0) is 29.1. The number of aromatic nitrogens is 3. The van der Waals surface area contributed by atoms with Crippen molar-refractivity contribution in [2.24, 2.45) is 5.92 Å². The van der Waals surface area contributed by atoms with Gasteiger partial charge in [0.05, 0.1) is 29.8 Å². The highest BCUT2D eigenvalue weighted by molar-refractivity contribution is 7.15. The Labute approximate surface area is 248 Å². The predicted octanol–water partition coefficient (Wildman–Crippen LogP) is 6.82. The Balaban J connectivity index is 1.26. The van der Waals surface area contributed by atoms with Crippen molar-refractivity contribution in [3.8, 4) is 10.6 Å². The minimum absolute atomic E-state index is 0.138. The molecular weight excluding hydrogens is 532 g/mol. The predicted molar refractivity (Wildman–Crippen MR) is 167 cm³/mol. The molecule has 1 aliphatic carbocycles. The molecule has 0 N–H and O–H groups in total. The van der Waals surface area contributed by atoms with Gasteiger partial charge < -0.3 is 19.4 Å². The summed E-state index contributed by atoms with van der Waals surface area (Å²) in [5.41, 5.74) is 3.72. The summed E-state index contributed by atoms with van der Waals surface area (Å²) in [5, 5.41) is 0.968. The van der Waals surface area contributed by atoms with E-state index < -0.39 is 5.60 Å². The molecule has 220 valence electrons. The van der Waals surface area contributed by atoms with E-state index in [0.717, 1.165) is 60.1 Å². The number of piperidine rings is 1. The summed E-state index contributed by atoms with van der Waals surface area (Å²) >= 11 is 1.69. The number of ether oxygens (including phenoxy) is 1. The molecule has 0 aromatic carbocycles. The lowest BCUT2D eigenvalue weighted by molar-refractivity contribution is 0.00736. The maximum atomic E-state index is 13.2. The molecular formula is C32H44N6O2S. The lowest BCUT2D eigenvalue weighted by Gasteiger charge is -2.43. The Hall–Kier alpha value is -3.20. The number of thiazole rings is 1. The van der Waals surface area contributed by atoms with Gasteiger partial charge in [-0.3, -0.25) is 9.97 Å². The van der Waals surface area contributed by atoms with Crippen LogP contribution >= 0.6 is 11.3 Å². The van der Waals surface area contributed by atoms with Gasteiger partial charge in [0.25, 0.3) is 0 Å². The molecule has 0 bridgehead atoms. The molecule has 0 radical (unpaired) electrons. The van der Waals surface area contributed by atoms with Crippen LogP contribution in [-0.2, 0) is 4.74 Å². The van der Waals surface area contributed by atoms with Gasteiger partial charge in [-0.2, -0.15) is 0 Å². The number of anilines is 2. The van der Waals surface area contributed by atoms with Gasteiger partial charge in [0, 0.05) is 68.2 Å². The van der Waals surface area contributed by atoms with Crippen molar-refractivity contribution in [1.82, 2.24) is 19.9 Å². The molecule has 2 atom stereocenters. The van der Waals surface area contributed by atoms with E-state index in [1.54, 1.807) is 11.3 Å². The zero-order valence-electron chi connectivity index (χ0n) is 25.3. The van der Waals surface area contributed by atoms with E-state index in [2.05, 4.69) is 35.0 Å². The van der Waals surface area contributed by atoms with E-state index in [1.165, 1.54) is 24.1 Å². The molecule has 1 unspecified atom stereocenters. The van der Waals surface area contributed by atoms with Crippen LogP contribution in [-0.4, -0.2) is 71.3 Å². The number of carbonyl (C=O) groups is 1. The summed E-state index contributed by atoms with van der Waals surface area (Å²) in [6, 6.07) is 6.58. The van der Waals surface area contributed by atoms with Gasteiger partial charge in [-0.1, -0.05) is 13.3 Å². The SMILES string of the molecule is CC(c1ccc(N2CCC[C@@H](N(CC3CCC3)C(=O)OC(C)(C)C)C2)cn1)c1cnc(-c2cncc(N(C)C)c2)s1. The molecule has 4 heterocycles. The lowest BCUT2D eigenvalue weighted by atomic mass is 9.84. The monoisotopic (exact) mass is 576 g/mol. The number of hydrogen-bond acceptors (Lipinski definition) is 8. The minimum Gasteiger partial charge on any atom is -0.444 e. The summed E-state index contributed by atoms with van der Waals surface area (Å²) in [5.74, 6) is 0.736. The molecule has 2 aliphatic rings. The number of pyridine rings is 2. The third kappa shape index (κ3) is 7.18. The van der Waals surface area contributed by atoms with Crippen molar-refractivity contribution in [3.63, 3.8) is 0 Å². The molecule has 1 saturated heterocycles. The van der Waals surface area contributed by atoms with Gasteiger partial charge in [0.2, 0.25) is 0 Å². The largest absolute Gasteiger partial charge is 0.444 e. The maximum absolute atomic E-state index is 13.2. The van der Waals surface area contributed by atoms with Crippen molar-refractivity contribution >= 4 is 28.8 Å². The van der Waals surface area contributed by atoms with Gasteiger partial charge in [-0.15, -0.1) is 11.3 Å². The smallest absolute Gasteiger partial charge is 0.410 e. The Kier molecular flexibility index (Phi) is 8.82. The normalized spacial score (nSPS) is 18.5. The Bertz CT molecular complexity index is 1310.